The molecule has 1 aromatic rings. The first-order chi connectivity index (χ1) is 8.02. The zero-order valence-electron chi connectivity index (χ0n) is 11.0. The molecule has 1 heterocycles. The molecule has 2 unspecified atom stereocenters. The number of H-pyrrole nitrogens is 1. The third kappa shape index (κ3) is 1.95. The predicted molar refractivity (Wildman–Crippen MR) is 69.6 cm³/mol. The van der Waals surface area contributed by atoms with Gasteiger partial charge in [0.25, 0.3) is 0 Å². The van der Waals surface area contributed by atoms with Crippen LogP contribution in [0.4, 0.5) is 0 Å². The fourth-order valence-electron chi connectivity index (χ4n) is 2.69. The Morgan fingerprint density at radius 3 is 2.76 bits per heavy atom. The molecule has 17 heavy (non-hydrogen) atoms. The highest BCUT2D eigenvalue weighted by molar-refractivity contribution is 7.71. The highest BCUT2D eigenvalue weighted by Crippen LogP contribution is 2.51. The lowest BCUT2D eigenvalue weighted by molar-refractivity contribution is -0.128. The maximum absolute atomic E-state index is 5.76. The molecule has 0 aromatic carbocycles. The molecule has 1 aliphatic rings. The van der Waals surface area contributed by atoms with Crippen molar-refractivity contribution in [2.45, 2.75) is 52.7 Å². The van der Waals surface area contributed by atoms with Crippen molar-refractivity contribution < 1.29 is 4.74 Å². The SMILES string of the molecule is CCOC1CC(n2c(CC)n[nH]c2=S)C1(C)C. The predicted octanol–water partition coefficient (Wildman–Crippen LogP) is 2.88. The molecule has 1 fully saturated rings. The quantitative estimate of drug-likeness (QED) is 0.841. The summed E-state index contributed by atoms with van der Waals surface area (Å²) < 4.78 is 8.66. The Bertz CT molecular complexity index is 449. The van der Waals surface area contributed by atoms with E-state index in [9.17, 15) is 0 Å². The highest BCUT2D eigenvalue weighted by Gasteiger charge is 2.50. The number of aryl methyl sites for hydroxylation is 1. The number of aromatic amines is 1. The molecule has 0 saturated heterocycles. The van der Waals surface area contributed by atoms with E-state index >= 15 is 0 Å². The number of aromatic nitrogens is 3. The summed E-state index contributed by atoms with van der Waals surface area (Å²) in [5, 5.41) is 7.18. The van der Waals surface area contributed by atoms with Gasteiger partial charge in [-0.25, -0.2) is 0 Å². The van der Waals surface area contributed by atoms with Crippen LogP contribution in [0.5, 0.6) is 0 Å². The molecule has 2 rings (SSSR count). The summed E-state index contributed by atoms with van der Waals surface area (Å²) in [6.45, 7) is 9.42. The minimum absolute atomic E-state index is 0.127. The molecule has 4 nitrogen and oxygen atoms in total. The van der Waals surface area contributed by atoms with E-state index in [1.165, 1.54) is 0 Å². The number of hydrogen-bond acceptors (Lipinski definition) is 3. The van der Waals surface area contributed by atoms with Gasteiger partial charge >= 0.3 is 0 Å². The summed E-state index contributed by atoms with van der Waals surface area (Å²) in [6.07, 6.45) is 2.26. The van der Waals surface area contributed by atoms with Crippen molar-refractivity contribution in [3.8, 4) is 0 Å². The molecule has 1 N–H and O–H groups in total. The smallest absolute Gasteiger partial charge is 0.195 e. The van der Waals surface area contributed by atoms with Crippen molar-refractivity contribution in [2.24, 2.45) is 5.41 Å². The number of rotatable bonds is 4. The topological polar surface area (TPSA) is 42.8 Å². The Kier molecular flexibility index (Phi) is 3.41. The molecule has 5 heteroatoms. The molecule has 0 radical (unpaired) electrons. The third-order valence-corrected chi connectivity index (χ3v) is 4.19. The molecule has 1 saturated carbocycles. The van der Waals surface area contributed by atoms with Crippen LogP contribution in [0.2, 0.25) is 0 Å². The summed E-state index contributed by atoms with van der Waals surface area (Å²) in [6, 6.07) is 0.403. The summed E-state index contributed by atoms with van der Waals surface area (Å²) in [7, 11) is 0. The normalized spacial score (nSPS) is 26.8. The first-order valence-electron chi connectivity index (χ1n) is 6.29. The van der Waals surface area contributed by atoms with E-state index in [-0.39, 0.29) is 5.41 Å². The monoisotopic (exact) mass is 255 g/mol. The Labute approximate surface area is 107 Å². The number of nitrogens with zero attached hydrogens (tertiary/aromatic N) is 2. The Morgan fingerprint density at radius 2 is 2.24 bits per heavy atom. The molecule has 0 spiro atoms. The number of nitrogens with one attached hydrogen (secondary N) is 1. The number of ether oxygens (including phenoxy) is 1. The Balaban J connectivity index is 2.26. The lowest BCUT2D eigenvalue weighted by Crippen LogP contribution is -2.51. The van der Waals surface area contributed by atoms with Crippen molar-refractivity contribution in [3.05, 3.63) is 10.6 Å². The summed E-state index contributed by atoms with van der Waals surface area (Å²) in [5.74, 6) is 1.04. The minimum atomic E-state index is 0.127. The fourth-order valence-corrected chi connectivity index (χ4v) is 2.97. The minimum Gasteiger partial charge on any atom is -0.378 e. The van der Waals surface area contributed by atoms with Gasteiger partial charge in [0.2, 0.25) is 0 Å². The molecular formula is C12H21N3OS. The van der Waals surface area contributed by atoms with E-state index in [4.69, 9.17) is 17.0 Å². The molecule has 0 bridgehead atoms. The van der Waals surface area contributed by atoms with Gasteiger partial charge in [-0.1, -0.05) is 20.8 Å². The van der Waals surface area contributed by atoms with Gasteiger partial charge in [-0.3, -0.25) is 5.10 Å². The summed E-state index contributed by atoms with van der Waals surface area (Å²) in [4.78, 5) is 0. The van der Waals surface area contributed by atoms with Gasteiger partial charge in [0.15, 0.2) is 4.77 Å². The standard InChI is InChI=1S/C12H21N3OS/c1-5-10-13-14-11(17)15(10)8-7-9(16-6-2)12(8,3)4/h8-9H,5-7H2,1-4H3,(H,14,17). The van der Waals surface area contributed by atoms with Crippen molar-refractivity contribution in [3.63, 3.8) is 0 Å². The maximum atomic E-state index is 5.76. The first kappa shape index (κ1) is 12.8. The zero-order chi connectivity index (χ0) is 12.6. The van der Waals surface area contributed by atoms with E-state index in [0.29, 0.717) is 12.1 Å². The van der Waals surface area contributed by atoms with Gasteiger partial charge in [-0.05, 0) is 25.6 Å². The van der Waals surface area contributed by atoms with E-state index < -0.39 is 0 Å². The molecule has 0 aliphatic heterocycles. The molecule has 96 valence electrons. The lowest BCUT2D eigenvalue weighted by Gasteiger charge is -2.52. The second-order valence-corrected chi connectivity index (χ2v) is 5.57. The van der Waals surface area contributed by atoms with Crippen molar-refractivity contribution >= 4 is 12.2 Å². The van der Waals surface area contributed by atoms with Crippen LogP contribution in [0, 0.1) is 10.2 Å². The van der Waals surface area contributed by atoms with Crippen LogP contribution >= 0.6 is 12.2 Å². The van der Waals surface area contributed by atoms with Gasteiger partial charge in [-0.15, -0.1) is 0 Å². The average molecular weight is 255 g/mol. The Hall–Kier alpha value is -0.680. The maximum Gasteiger partial charge on any atom is 0.195 e. The fraction of sp³-hybridized carbons (Fsp3) is 0.833. The second-order valence-electron chi connectivity index (χ2n) is 5.19. The van der Waals surface area contributed by atoms with Crippen molar-refractivity contribution in [2.75, 3.05) is 6.61 Å². The second kappa shape index (κ2) is 4.53. The van der Waals surface area contributed by atoms with Gasteiger partial charge < -0.3 is 9.30 Å². The van der Waals surface area contributed by atoms with Crippen LogP contribution in [0.15, 0.2) is 0 Å². The van der Waals surface area contributed by atoms with Crippen LogP contribution in [-0.4, -0.2) is 27.5 Å². The zero-order valence-corrected chi connectivity index (χ0v) is 11.8. The van der Waals surface area contributed by atoms with Crippen molar-refractivity contribution in [1.82, 2.24) is 14.8 Å². The lowest BCUT2D eigenvalue weighted by atomic mass is 9.64. The Morgan fingerprint density at radius 1 is 1.53 bits per heavy atom. The molecule has 1 aliphatic carbocycles. The highest BCUT2D eigenvalue weighted by atomic mass is 32.1. The van der Waals surface area contributed by atoms with Crippen LogP contribution in [0.1, 0.15) is 46.0 Å². The van der Waals surface area contributed by atoms with E-state index in [1.54, 1.807) is 0 Å². The first-order valence-corrected chi connectivity index (χ1v) is 6.70. The van der Waals surface area contributed by atoms with Crippen LogP contribution in [0.25, 0.3) is 0 Å². The number of hydrogen-bond donors (Lipinski definition) is 1. The largest absolute Gasteiger partial charge is 0.378 e. The summed E-state index contributed by atoms with van der Waals surface area (Å²) >= 11 is 5.33. The van der Waals surface area contributed by atoms with Crippen LogP contribution in [-0.2, 0) is 11.2 Å². The van der Waals surface area contributed by atoms with E-state index in [1.807, 2.05) is 6.92 Å². The molecule has 2 atom stereocenters. The van der Waals surface area contributed by atoms with Gasteiger partial charge in [-0.2, -0.15) is 5.10 Å². The third-order valence-electron chi connectivity index (χ3n) is 3.90. The van der Waals surface area contributed by atoms with Gasteiger partial charge in [0.05, 0.1) is 6.10 Å². The molecule has 1 aromatic heterocycles. The summed E-state index contributed by atoms with van der Waals surface area (Å²) in [5.41, 5.74) is 0.127. The molecular weight excluding hydrogens is 234 g/mol. The van der Waals surface area contributed by atoms with Crippen molar-refractivity contribution in [1.29, 1.82) is 0 Å². The molecule has 0 amide bonds. The van der Waals surface area contributed by atoms with Gasteiger partial charge in [0.1, 0.15) is 5.82 Å². The van der Waals surface area contributed by atoms with E-state index in [2.05, 4.69) is 35.5 Å². The van der Waals surface area contributed by atoms with E-state index in [0.717, 1.165) is 30.0 Å². The average Bonchev–Trinajstić information content (AvgIpc) is 2.65. The van der Waals surface area contributed by atoms with Gasteiger partial charge in [0, 0.05) is 24.5 Å². The van der Waals surface area contributed by atoms with Crippen LogP contribution < -0.4 is 0 Å². The van der Waals surface area contributed by atoms with Crippen LogP contribution in [0.3, 0.4) is 0 Å².